The van der Waals surface area contributed by atoms with Gasteiger partial charge in [-0.15, -0.1) is 0 Å². The predicted octanol–water partition coefficient (Wildman–Crippen LogP) is 0.688. The Labute approximate surface area is 74.0 Å². The standard InChI is InChI=1S/C7H14FNO2S/c8-6-4-7(9-5-6)2-1-3-12(10)11/h6-7,9H,1-5H2,(H,10,11). The van der Waals surface area contributed by atoms with E-state index in [1.807, 2.05) is 0 Å². The molecule has 0 bridgehead atoms. The minimum atomic E-state index is -1.70. The van der Waals surface area contributed by atoms with Crippen LogP contribution in [0.5, 0.6) is 0 Å². The van der Waals surface area contributed by atoms with Crippen molar-refractivity contribution in [3.63, 3.8) is 0 Å². The van der Waals surface area contributed by atoms with E-state index >= 15 is 0 Å². The van der Waals surface area contributed by atoms with Crippen LogP contribution in [0.3, 0.4) is 0 Å². The van der Waals surface area contributed by atoms with Crippen LogP contribution >= 0.6 is 0 Å². The normalized spacial score (nSPS) is 32.2. The van der Waals surface area contributed by atoms with E-state index in [-0.39, 0.29) is 6.04 Å². The summed E-state index contributed by atoms with van der Waals surface area (Å²) in [7, 11) is 0. The highest BCUT2D eigenvalue weighted by atomic mass is 32.2. The van der Waals surface area contributed by atoms with Gasteiger partial charge in [-0.3, -0.25) is 0 Å². The highest BCUT2D eigenvalue weighted by Gasteiger charge is 2.22. The van der Waals surface area contributed by atoms with Crippen LogP contribution in [0.2, 0.25) is 0 Å². The molecule has 12 heavy (non-hydrogen) atoms. The van der Waals surface area contributed by atoms with Gasteiger partial charge >= 0.3 is 0 Å². The van der Waals surface area contributed by atoms with Gasteiger partial charge in [-0.2, -0.15) is 0 Å². The maximum absolute atomic E-state index is 12.6. The van der Waals surface area contributed by atoms with Crippen LogP contribution in [-0.4, -0.2) is 33.3 Å². The van der Waals surface area contributed by atoms with Gasteiger partial charge < -0.3 is 9.87 Å². The van der Waals surface area contributed by atoms with E-state index in [0.29, 0.717) is 25.1 Å². The van der Waals surface area contributed by atoms with Crippen LogP contribution < -0.4 is 5.32 Å². The highest BCUT2D eigenvalue weighted by molar-refractivity contribution is 7.79. The second-order valence-electron chi connectivity index (χ2n) is 3.11. The molecule has 0 aromatic rings. The van der Waals surface area contributed by atoms with Crippen molar-refractivity contribution in [2.24, 2.45) is 0 Å². The Bertz CT molecular complexity index is 167. The Morgan fingerprint density at radius 1 is 1.67 bits per heavy atom. The Morgan fingerprint density at radius 2 is 2.42 bits per heavy atom. The van der Waals surface area contributed by atoms with Gasteiger partial charge in [-0.25, -0.2) is 8.60 Å². The summed E-state index contributed by atoms with van der Waals surface area (Å²) in [5, 5.41) is 3.02. The van der Waals surface area contributed by atoms with Gasteiger partial charge in [0.1, 0.15) is 6.17 Å². The van der Waals surface area contributed by atoms with E-state index in [2.05, 4.69) is 5.32 Å². The molecular weight excluding hydrogens is 181 g/mol. The zero-order valence-electron chi connectivity index (χ0n) is 6.83. The number of hydrogen-bond donors (Lipinski definition) is 2. The third-order valence-electron chi connectivity index (χ3n) is 2.04. The Kier molecular flexibility index (Phi) is 4.11. The van der Waals surface area contributed by atoms with Crippen LogP contribution in [0.4, 0.5) is 4.39 Å². The van der Waals surface area contributed by atoms with Gasteiger partial charge in [0.25, 0.3) is 0 Å². The minimum absolute atomic E-state index is 0.212. The molecule has 0 aromatic heterocycles. The highest BCUT2D eigenvalue weighted by Crippen LogP contribution is 2.14. The Balaban J connectivity index is 2.04. The molecule has 1 saturated heterocycles. The van der Waals surface area contributed by atoms with Crippen LogP contribution in [0.25, 0.3) is 0 Å². The average molecular weight is 195 g/mol. The monoisotopic (exact) mass is 195 g/mol. The van der Waals surface area contributed by atoms with E-state index in [0.717, 1.165) is 6.42 Å². The van der Waals surface area contributed by atoms with E-state index in [1.165, 1.54) is 0 Å². The number of halogens is 1. The smallest absolute Gasteiger partial charge is 0.152 e. The van der Waals surface area contributed by atoms with Crippen molar-refractivity contribution in [2.45, 2.75) is 31.5 Å². The van der Waals surface area contributed by atoms with Crippen LogP contribution in [0.15, 0.2) is 0 Å². The molecule has 0 spiro atoms. The quantitative estimate of drug-likeness (QED) is 0.649. The summed E-state index contributed by atoms with van der Waals surface area (Å²) in [5.41, 5.74) is 0. The third kappa shape index (κ3) is 3.60. The van der Waals surface area contributed by atoms with Crippen LogP contribution in [0, 0.1) is 0 Å². The maximum atomic E-state index is 12.6. The lowest BCUT2D eigenvalue weighted by Crippen LogP contribution is -2.21. The fourth-order valence-corrected chi connectivity index (χ4v) is 1.86. The first-order chi connectivity index (χ1) is 5.68. The van der Waals surface area contributed by atoms with Gasteiger partial charge in [-0.1, -0.05) is 0 Å². The van der Waals surface area contributed by atoms with Crippen LogP contribution in [0.1, 0.15) is 19.3 Å². The third-order valence-corrected chi connectivity index (χ3v) is 2.68. The Hall–Kier alpha value is -0.0000000000000000486. The first-order valence-electron chi connectivity index (χ1n) is 4.13. The summed E-state index contributed by atoms with van der Waals surface area (Å²) in [5.74, 6) is 0.301. The number of alkyl halides is 1. The summed E-state index contributed by atoms with van der Waals surface area (Å²) in [6, 6.07) is 0.212. The van der Waals surface area contributed by atoms with Crippen molar-refractivity contribution < 1.29 is 13.2 Å². The van der Waals surface area contributed by atoms with E-state index in [4.69, 9.17) is 4.55 Å². The molecule has 3 nitrogen and oxygen atoms in total. The molecule has 5 heteroatoms. The largest absolute Gasteiger partial charge is 0.311 e. The molecule has 1 aliphatic rings. The molecule has 1 aliphatic heterocycles. The molecule has 0 radical (unpaired) electrons. The molecule has 1 rings (SSSR count). The molecule has 3 atom stereocenters. The number of hydrogen-bond acceptors (Lipinski definition) is 2. The van der Waals surface area contributed by atoms with Crippen molar-refractivity contribution in [1.82, 2.24) is 5.32 Å². The second kappa shape index (κ2) is 4.89. The lowest BCUT2D eigenvalue weighted by molar-refractivity contribution is 0.353. The summed E-state index contributed by atoms with van der Waals surface area (Å²) in [4.78, 5) is 0. The minimum Gasteiger partial charge on any atom is -0.311 e. The Morgan fingerprint density at radius 3 is 2.92 bits per heavy atom. The van der Waals surface area contributed by atoms with Gasteiger partial charge in [0.05, 0.1) is 0 Å². The fraction of sp³-hybridized carbons (Fsp3) is 1.00. The molecular formula is C7H14FNO2S. The van der Waals surface area contributed by atoms with Gasteiger partial charge in [0.15, 0.2) is 11.1 Å². The lowest BCUT2D eigenvalue weighted by Gasteiger charge is -2.07. The van der Waals surface area contributed by atoms with E-state index in [1.54, 1.807) is 0 Å². The van der Waals surface area contributed by atoms with Gasteiger partial charge in [-0.05, 0) is 19.3 Å². The summed E-state index contributed by atoms with van der Waals surface area (Å²) < 4.78 is 31.3. The zero-order valence-corrected chi connectivity index (χ0v) is 7.65. The summed E-state index contributed by atoms with van der Waals surface area (Å²) in [6.07, 6.45) is 1.31. The van der Waals surface area contributed by atoms with Crippen molar-refractivity contribution >= 4 is 11.1 Å². The van der Waals surface area contributed by atoms with E-state index < -0.39 is 17.3 Å². The lowest BCUT2D eigenvalue weighted by atomic mass is 10.1. The topological polar surface area (TPSA) is 49.3 Å². The number of rotatable bonds is 4. The first kappa shape index (κ1) is 10.1. The van der Waals surface area contributed by atoms with Crippen molar-refractivity contribution in [3.8, 4) is 0 Å². The average Bonchev–Trinajstić information content (AvgIpc) is 2.35. The maximum Gasteiger partial charge on any atom is 0.152 e. The SMILES string of the molecule is O=S(O)CCCC1CC(F)CN1. The number of nitrogens with one attached hydrogen (secondary N) is 1. The van der Waals surface area contributed by atoms with Gasteiger partial charge in [0.2, 0.25) is 0 Å². The summed E-state index contributed by atoms with van der Waals surface area (Å²) in [6.45, 7) is 0.437. The van der Waals surface area contributed by atoms with Crippen molar-refractivity contribution in [1.29, 1.82) is 0 Å². The van der Waals surface area contributed by atoms with Crippen molar-refractivity contribution in [3.05, 3.63) is 0 Å². The second-order valence-corrected chi connectivity index (χ2v) is 4.16. The van der Waals surface area contributed by atoms with E-state index in [9.17, 15) is 8.60 Å². The van der Waals surface area contributed by atoms with Crippen molar-refractivity contribution in [2.75, 3.05) is 12.3 Å². The molecule has 3 unspecified atom stereocenters. The molecule has 0 aromatic carbocycles. The molecule has 1 fully saturated rings. The molecule has 0 saturated carbocycles. The molecule has 72 valence electrons. The molecule has 1 heterocycles. The van der Waals surface area contributed by atoms with Crippen LogP contribution in [-0.2, 0) is 11.1 Å². The molecule has 0 aliphatic carbocycles. The fourth-order valence-electron chi connectivity index (χ4n) is 1.44. The zero-order chi connectivity index (χ0) is 8.97. The predicted molar refractivity (Wildman–Crippen MR) is 46.2 cm³/mol. The molecule has 2 N–H and O–H groups in total. The van der Waals surface area contributed by atoms with Gasteiger partial charge in [0, 0.05) is 18.3 Å². The first-order valence-corrected chi connectivity index (χ1v) is 5.41. The summed E-state index contributed by atoms with van der Waals surface area (Å²) >= 11 is -1.70. The molecule has 0 amide bonds.